The van der Waals surface area contributed by atoms with Crippen LogP contribution in [0.3, 0.4) is 0 Å². The van der Waals surface area contributed by atoms with Gasteiger partial charge in [-0.25, -0.2) is 0 Å². The highest BCUT2D eigenvalue weighted by Crippen LogP contribution is 2.18. The maximum Gasteiger partial charge on any atom is 0.191 e. The summed E-state index contributed by atoms with van der Waals surface area (Å²) in [5.74, 6) is 2.73. The van der Waals surface area contributed by atoms with Crippen molar-refractivity contribution in [3.63, 3.8) is 0 Å². The molecule has 0 spiro atoms. The van der Waals surface area contributed by atoms with Crippen LogP contribution in [0.1, 0.15) is 24.7 Å². The van der Waals surface area contributed by atoms with Gasteiger partial charge in [-0.05, 0) is 38.0 Å². The molecule has 0 aliphatic heterocycles. The Hall–Kier alpha value is -1.53. The lowest BCUT2D eigenvalue weighted by Gasteiger charge is -2.07. The number of thioether (sulfide) groups is 1. The molecule has 0 fully saturated rings. The van der Waals surface area contributed by atoms with Crippen LogP contribution in [-0.4, -0.2) is 27.1 Å². The largest absolute Gasteiger partial charge is 0.494 e. The van der Waals surface area contributed by atoms with Crippen molar-refractivity contribution in [1.29, 1.82) is 0 Å². The average Bonchev–Trinajstić information content (AvgIpc) is 2.89. The van der Waals surface area contributed by atoms with E-state index in [0.717, 1.165) is 35.4 Å². The summed E-state index contributed by atoms with van der Waals surface area (Å²) >= 11 is 1.70. The Labute approximate surface area is 129 Å². The van der Waals surface area contributed by atoms with Crippen molar-refractivity contribution in [3.05, 3.63) is 35.7 Å². The molecule has 1 aromatic carbocycles. The average molecular weight is 306 g/mol. The van der Waals surface area contributed by atoms with Crippen LogP contribution < -0.4 is 10.5 Å². The molecule has 1 aromatic heterocycles. The Morgan fingerprint density at radius 1 is 1.33 bits per heavy atom. The predicted molar refractivity (Wildman–Crippen MR) is 85.6 cm³/mol. The second-order valence-electron chi connectivity index (χ2n) is 4.71. The predicted octanol–water partition coefficient (Wildman–Crippen LogP) is 2.63. The minimum Gasteiger partial charge on any atom is -0.494 e. The molecule has 0 unspecified atom stereocenters. The molecule has 0 amide bonds. The minimum absolute atomic E-state index is 0.428. The van der Waals surface area contributed by atoms with Crippen LogP contribution in [0, 0.1) is 6.92 Å². The molecule has 0 aliphatic rings. The van der Waals surface area contributed by atoms with Gasteiger partial charge < -0.3 is 15.0 Å². The van der Waals surface area contributed by atoms with Gasteiger partial charge in [0.05, 0.1) is 13.2 Å². The van der Waals surface area contributed by atoms with E-state index in [2.05, 4.69) is 34.7 Å². The van der Waals surface area contributed by atoms with Gasteiger partial charge in [0.1, 0.15) is 11.6 Å². The summed E-state index contributed by atoms with van der Waals surface area (Å²) in [4.78, 5) is 0. The SMILES string of the molecule is CCn1c(CN)nnc1SCCCOc1cccc(C)c1. The fourth-order valence-electron chi connectivity index (χ4n) is 2.01. The fourth-order valence-corrected chi connectivity index (χ4v) is 2.95. The number of aromatic nitrogens is 3. The molecule has 0 saturated carbocycles. The summed E-state index contributed by atoms with van der Waals surface area (Å²) in [6.45, 7) is 6.13. The van der Waals surface area contributed by atoms with Gasteiger partial charge >= 0.3 is 0 Å². The number of nitrogens with two attached hydrogens (primary N) is 1. The van der Waals surface area contributed by atoms with E-state index in [0.29, 0.717) is 13.2 Å². The van der Waals surface area contributed by atoms with E-state index in [1.54, 1.807) is 11.8 Å². The monoisotopic (exact) mass is 306 g/mol. The van der Waals surface area contributed by atoms with Crippen molar-refractivity contribution in [2.45, 2.75) is 38.5 Å². The number of benzene rings is 1. The molecule has 114 valence electrons. The van der Waals surface area contributed by atoms with Crippen LogP contribution in [0.25, 0.3) is 0 Å². The van der Waals surface area contributed by atoms with Gasteiger partial charge in [-0.3, -0.25) is 0 Å². The van der Waals surface area contributed by atoms with Crippen molar-refractivity contribution < 1.29 is 4.74 Å². The maximum atomic E-state index is 5.73. The minimum atomic E-state index is 0.428. The van der Waals surface area contributed by atoms with E-state index in [9.17, 15) is 0 Å². The summed E-state index contributed by atoms with van der Waals surface area (Å²) in [5, 5.41) is 9.22. The summed E-state index contributed by atoms with van der Waals surface area (Å²) in [5.41, 5.74) is 6.85. The normalized spacial score (nSPS) is 10.8. The van der Waals surface area contributed by atoms with Crippen molar-refractivity contribution in [2.75, 3.05) is 12.4 Å². The lowest BCUT2D eigenvalue weighted by atomic mass is 10.2. The zero-order valence-electron chi connectivity index (χ0n) is 12.6. The third kappa shape index (κ3) is 4.47. The molecule has 6 heteroatoms. The molecule has 2 rings (SSSR count). The lowest BCUT2D eigenvalue weighted by Crippen LogP contribution is -2.08. The first-order valence-electron chi connectivity index (χ1n) is 7.19. The second-order valence-corrected chi connectivity index (χ2v) is 5.78. The van der Waals surface area contributed by atoms with Gasteiger partial charge in [0.2, 0.25) is 0 Å². The van der Waals surface area contributed by atoms with Gasteiger partial charge in [-0.1, -0.05) is 23.9 Å². The fraction of sp³-hybridized carbons (Fsp3) is 0.467. The molecular weight excluding hydrogens is 284 g/mol. The van der Waals surface area contributed by atoms with Crippen molar-refractivity contribution in [1.82, 2.24) is 14.8 Å². The number of hydrogen-bond acceptors (Lipinski definition) is 5. The highest BCUT2D eigenvalue weighted by atomic mass is 32.2. The molecule has 1 heterocycles. The molecule has 0 atom stereocenters. The van der Waals surface area contributed by atoms with E-state index in [1.165, 1.54) is 5.56 Å². The zero-order chi connectivity index (χ0) is 15.1. The van der Waals surface area contributed by atoms with Crippen LogP contribution in [-0.2, 0) is 13.1 Å². The smallest absolute Gasteiger partial charge is 0.191 e. The van der Waals surface area contributed by atoms with Crippen molar-refractivity contribution in [3.8, 4) is 5.75 Å². The molecular formula is C15H22N4OS. The van der Waals surface area contributed by atoms with E-state index < -0.39 is 0 Å². The molecule has 0 radical (unpaired) electrons. The van der Waals surface area contributed by atoms with Crippen molar-refractivity contribution >= 4 is 11.8 Å². The number of hydrogen-bond donors (Lipinski definition) is 1. The Bertz CT molecular complexity index is 571. The second kappa shape index (κ2) is 8.05. The third-order valence-corrected chi connectivity index (χ3v) is 4.12. The summed E-state index contributed by atoms with van der Waals surface area (Å²) in [6.07, 6.45) is 0.965. The van der Waals surface area contributed by atoms with E-state index in [-0.39, 0.29) is 0 Å². The first-order valence-corrected chi connectivity index (χ1v) is 8.17. The third-order valence-electron chi connectivity index (χ3n) is 3.07. The number of ether oxygens (including phenoxy) is 1. The van der Waals surface area contributed by atoms with Crippen LogP contribution in [0.5, 0.6) is 5.75 Å². The van der Waals surface area contributed by atoms with Gasteiger partial charge in [0.25, 0.3) is 0 Å². The Balaban J connectivity index is 1.74. The van der Waals surface area contributed by atoms with Crippen LogP contribution in [0.15, 0.2) is 29.4 Å². The Kier molecular flexibility index (Phi) is 6.07. The number of aryl methyl sites for hydroxylation is 1. The summed E-state index contributed by atoms with van der Waals surface area (Å²) in [6, 6.07) is 8.11. The molecule has 2 aromatic rings. The maximum absolute atomic E-state index is 5.73. The van der Waals surface area contributed by atoms with Gasteiger partial charge in [-0.2, -0.15) is 0 Å². The van der Waals surface area contributed by atoms with E-state index in [1.807, 2.05) is 18.2 Å². The standard InChI is InChI=1S/C15H22N4OS/c1-3-19-14(11-16)17-18-15(19)21-9-5-8-20-13-7-4-6-12(2)10-13/h4,6-7,10H,3,5,8-9,11,16H2,1-2H3. The quantitative estimate of drug-likeness (QED) is 0.600. The first-order chi connectivity index (χ1) is 10.2. The Morgan fingerprint density at radius 3 is 2.90 bits per heavy atom. The molecule has 21 heavy (non-hydrogen) atoms. The van der Waals surface area contributed by atoms with Gasteiger partial charge in [-0.15, -0.1) is 10.2 Å². The van der Waals surface area contributed by atoms with Crippen LogP contribution >= 0.6 is 11.8 Å². The number of rotatable bonds is 8. The molecule has 5 nitrogen and oxygen atoms in total. The summed E-state index contributed by atoms with van der Waals surface area (Å²) in [7, 11) is 0. The molecule has 0 aliphatic carbocycles. The first kappa shape index (κ1) is 15.9. The molecule has 0 saturated heterocycles. The van der Waals surface area contributed by atoms with Crippen LogP contribution in [0.2, 0.25) is 0 Å². The van der Waals surface area contributed by atoms with E-state index >= 15 is 0 Å². The molecule has 0 bridgehead atoms. The molecule has 2 N–H and O–H groups in total. The topological polar surface area (TPSA) is 66.0 Å². The highest BCUT2D eigenvalue weighted by Gasteiger charge is 2.09. The van der Waals surface area contributed by atoms with Gasteiger partial charge in [0, 0.05) is 12.3 Å². The van der Waals surface area contributed by atoms with Crippen molar-refractivity contribution in [2.24, 2.45) is 5.73 Å². The van der Waals surface area contributed by atoms with Gasteiger partial charge in [0.15, 0.2) is 5.16 Å². The lowest BCUT2D eigenvalue weighted by molar-refractivity contribution is 0.318. The zero-order valence-corrected chi connectivity index (χ0v) is 13.4. The van der Waals surface area contributed by atoms with E-state index in [4.69, 9.17) is 10.5 Å². The number of nitrogens with zero attached hydrogens (tertiary/aromatic N) is 3. The highest BCUT2D eigenvalue weighted by molar-refractivity contribution is 7.99. The summed E-state index contributed by atoms with van der Waals surface area (Å²) < 4.78 is 7.79. The van der Waals surface area contributed by atoms with Crippen LogP contribution in [0.4, 0.5) is 0 Å². The Morgan fingerprint density at radius 2 is 2.19 bits per heavy atom.